The van der Waals surface area contributed by atoms with Gasteiger partial charge < -0.3 is 0 Å². The molecule has 0 aliphatic heterocycles. The van der Waals surface area contributed by atoms with Gasteiger partial charge in [0.1, 0.15) is 0 Å². The standard InChI is InChI=1S/C11H14O/c12-11(9-5-6-9)10(7-1-2-7)8-3-4-8/h7,9H,1-6H2. The SMILES string of the molecule is O=C(C(=C1CC1)C1CC1)C1CC1. The van der Waals surface area contributed by atoms with E-state index < -0.39 is 0 Å². The second-order valence-electron chi connectivity index (χ2n) is 4.43. The molecule has 1 heteroatoms. The lowest BCUT2D eigenvalue weighted by atomic mass is 10.0. The van der Waals surface area contributed by atoms with Crippen molar-refractivity contribution in [3.05, 3.63) is 11.1 Å². The van der Waals surface area contributed by atoms with Crippen LogP contribution in [-0.4, -0.2) is 5.78 Å². The summed E-state index contributed by atoms with van der Waals surface area (Å²) in [4.78, 5) is 11.8. The van der Waals surface area contributed by atoms with E-state index in [9.17, 15) is 4.79 Å². The molecule has 3 saturated carbocycles. The average Bonchev–Trinajstić information content (AvgIpc) is 2.90. The molecule has 0 aromatic rings. The molecule has 12 heavy (non-hydrogen) atoms. The molecule has 0 atom stereocenters. The largest absolute Gasteiger partial charge is 0.294 e. The van der Waals surface area contributed by atoms with Crippen molar-refractivity contribution in [2.75, 3.05) is 0 Å². The van der Waals surface area contributed by atoms with Crippen LogP contribution in [0.25, 0.3) is 0 Å². The molecule has 0 amide bonds. The first-order valence-corrected chi connectivity index (χ1v) is 5.12. The molecule has 3 fully saturated rings. The van der Waals surface area contributed by atoms with E-state index in [0.29, 0.717) is 17.6 Å². The first-order valence-electron chi connectivity index (χ1n) is 5.12. The number of ketones is 1. The fourth-order valence-electron chi connectivity index (χ4n) is 1.93. The minimum atomic E-state index is 0.452. The van der Waals surface area contributed by atoms with Crippen LogP contribution < -0.4 is 0 Å². The lowest BCUT2D eigenvalue weighted by Crippen LogP contribution is -2.06. The fraction of sp³-hybridized carbons (Fsp3) is 0.727. The summed E-state index contributed by atoms with van der Waals surface area (Å²) in [5.74, 6) is 1.69. The maximum atomic E-state index is 11.8. The van der Waals surface area contributed by atoms with Crippen molar-refractivity contribution in [1.82, 2.24) is 0 Å². The summed E-state index contributed by atoms with van der Waals surface area (Å²) < 4.78 is 0. The van der Waals surface area contributed by atoms with Gasteiger partial charge in [-0.25, -0.2) is 0 Å². The molecule has 3 rings (SSSR count). The van der Waals surface area contributed by atoms with Crippen molar-refractivity contribution in [2.24, 2.45) is 11.8 Å². The summed E-state index contributed by atoms with van der Waals surface area (Å²) in [6.07, 6.45) is 7.37. The Balaban J connectivity index is 1.85. The van der Waals surface area contributed by atoms with E-state index in [0.717, 1.165) is 0 Å². The Kier molecular flexibility index (Phi) is 1.27. The van der Waals surface area contributed by atoms with Crippen molar-refractivity contribution in [3.8, 4) is 0 Å². The van der Waals surface area contributed by atoms with Crippen LogP contribution in [0.5, 0.6) is 0 Å². The van der Waals surface area contributed by atoms with Gasteiger partial charge in [0, 0.05) is 5.92 Å². The van der Waals surface area contributed by atoms with Crippen molar-refractivity contribution in [2.45, 2.75) is 38.5 Å². The molecule has 0 saturated heterocycles. The Labute approximate surface area is 72.8 Å². The van der Waals surface area contributed by atoms with Crippen LogP contribution in [0.4, 0.5) is 0 Å². The number of Topliss-reactive ketones (excluding diaryl/α,β-unsaturated/α-hetero) is 1. The molecular weight excluding hydrogens is 148 g/mol. The van der Waals surface area contributed by atoms with E-state index in [1.165, 1.54) is 49.7 Å². The van der Waals surface area contributed by atoms with Crippen molar-refractivity contribution in [3.63, 3.8) is 0 Å². The summed E-state index contributed by atoms with van der Waals surface area (Å²) in [7, 11) is 0. The highest BCUT2D eigenvalue weighted by Crippen LogP contribution is 2.48. The van der Waals surface area contributed by atoms with Crippen LogP contribution in [0, 0.1) is 11.8 Å². The normalized spacial score (nSPS) is 27.2. The molecular formula is C11H14O. The van der Waals surface area contributed by atoms with E-state index >= 15 is 0 Å². The average molecular weight is 162 g/mol. The molecule has 0 unspecified atom stereocenters. The molecule has 1 nitrogen and oxygen atoms in total. The van der Waals surface area contributed by atoms with Crippen LogP contribution >= 0.6 is 0 Å². The van der Waals surface area contributed by atoms with Gasteiger partial charge >= 0.3 is 0 Å². The van der Waals surface area contributed by atoms with Gasteiger partial charge in [-0.2, -0.15) is 0 Å². The first-order chi connectivity index (χ1) is 5.86. The molecule has 3 aliphatic carbocycles. The van der Waals surface area contributed by atoms with E-state index in [1.54, 1.807) is 0 Å². The lowest BCUT2D eigenvalue weighted by Gasteiger charge is -2.01. The summed E-state index contributed by atoms with van der Waals surface area (Å²) in [6.45, 7) is 0. The maximum absolute atomic E-state index is 11.8. The second kappa shape index (κ2) is 2.21. The molecule has 0 bridgehead atoms. The summed E-state index contributed by atoms with van der Waals surface area (Å²) >= 11 is 0. The minimum absolute atomic E-state index is 0.452. The molecule has 0 heterocycles. The van der Waals surface area contributed by atoms with Crippen molar-refractivity contribution in [1.29, 1.82) is 0 Å². The molecule has 0 radical (unpaired) electrons. The zero-order valence-electron chi connectivity index (χ0n) is 7.31. The Morgan fingerprint density at radius 3 is 2.00 bits per heavy atom. The molecule has 0 aromatic carbocycles. The lowest BCUT2D eigenvalue weighted by molar-refractivity contribution is -0.116. The van der Waals surface area contributed by atoms with Crippen LogP contribution in [-0.2, 0) is 4.79 Å². The van der Waals surface area contributed by atoms with Gasteiger partial charge in [-0.3, -0.25) is 4.79 Å². The first kappa shape index (κ1) is 6.88. The quantitative estimate of drug-likeness (QED) is 0.582. The Bertz CT molecular complexity index is 261. The predicted octanol–water partition coefficient (Wildman–Crippen LogP) is 2.47. The van der Waals surface area contributed by atoms with Gasteiger partial charge in [0.15, 0.2) is 5.78 Å². The highest BCUT2D eigenvalue weighted by Gasteiger charge is 2.41. The number of hydrogen-bond acceptors (Lipinski definition) is 1. The molecule has 0 spiro atoms. The number of allylic oxidation sites excluding steroid dienone is 2. The van der Waals surface area contributed by atoms with E-state index in [2.05, 4.69) is 0 Å². The molecule has 0 aromatic heterocycles. The number of hydrogen-bond donors (Lipinski definition) is 0. The monoisotopic (exact) mass is 162 g/mol. The van der Waals surface area contributed by atoms with Crippen LogP contribution in [0.2, 0.25) is 0 Å². The van der Waals surface area contributed by atoms with Crippen molar-refractivity contribution < 1.29 is 4.79 Å². The molecule has 0 N–H and O–H groups in total. The third-order valence-corrected chi connectivity index (χ3v) is 3.08. The van der Waals surface area contributed by atoms with E-state index in [1.807, 2.05) is 0 Å². The zero-order valence-corrected chi connectivity index (χ0v) is 7.31. The van der Waals surface area contributed by atoms with Gasteiger partial charge in [0.25, 0.3) is 0 Å². The van der Waals surface area contributed by atoms with Gasteiger partial charge in [0.05, 0.1) is 0 Å². The third-order valence-electron chi connectivity index (χ3n) is 3.08. The summed E-state index contributed by atoms with van der Waals surface area (Å²) in [5.41, 5.74) is 2.80. The summed E-state index contributed by atoms with van der Waals surface area (Å²) in [5, 5.41) is 0. The van der Waals surface area contributed by atoms with Crippen molar-refractivity contribution >= 4 is 5.78 Å². The maximum Gasteiger partial charge on any atom is 0.162 e. The Morgan fingerprint density at radius 2 is 1.58 bits per heavy atom. The topological polar surface area (TPSA) is 17.1 Å². The minimum Gasteiger partial charge on any atom is -0.294 e. The van der Waals surface area contributed by atoms with Crippen LogP contribution in [0.1, 0.15) is 38.5 Å². The number of rotatable bonds is 3. The van der Waals surface area contributed by atoms with E-state index in [-0.39, 0.29) is 0 Å². The summed E-state index contributed by atoms with van der Waals surface area (Å²) in [6, 6.07) is 0. The van der Waals surface area contributed by atoms with Crippen LogP contribution in [0.3, 0.4) is 0 Å². The molecule has 3 aliphatic rings. The van der Waals surface area contributed by atoms with E-state index in [4.69, 9.17) is 0 Å². The Hall–Kier alpha value is -0.590. The number of carbonyl (C=O) groups excluding carboxylic acids is 1. The predicted molar refractivity (Wildman–Crippen MR) is 46.7 cm³/mol. The van der Waals surface area contributed by atoms with Crippen LogP contribution in [0.15, 0.2) is 11.1 Å². The number of carbonyl (C=O) groups is 1. The van der Waals surface area contributed by atoms with Gasteiger partial charge in [0.2, 0.25) is 0 Å². The smallest absolute Gasteiger partial charge is 0.162 e. The highest BCUT2D eigenvalue weighted by molar-refractivity contribution is 6.00. The highest BCUT2D eigenvalue weighted by atomic mass is 16.1. The molecule has 64 valence electrons. The van der Waals surface area contributed by atoms with Gasteiger partial charge in [-0.05, 0) is 50.0 Å². The third kappa shape index (κ3) is 1.12. The van der Waals surface area contributed by atoms with Gasteiger partial charge in [-0.15, -0.1) is 0 Å². The van der Waals surface area contributed by atoms with Gasteiger partial charge in [-0.1, -0.05) is 5.57 Å². The second-order valence-corrected chi connectivity index (χ2v) is 4.43. The Morgan fingerprint density at radius 1 is 1.00 bits per heavy atom. The zero-order chi connectivity index (χ0) is 8.13. The fourth-order valence-corrected chi connectivity index (χ4v) is 1.93.